The van der Waals surface area contributed by atoms with Crippen LogP contribution in [-0.2, 0) is 14.3 Å². The van der Waals surface area contributed by atoms with Gasteiger partial charge >= 0.3 is 12.1 Å². The fraction of sp³-hybridized carbons (Fsp3) is 0.393. The first-order valence-electron chi connectivity index (χ1n) is 12.0. The summed E-state index contributed by atoms with van der Waals surface area (Å²) >= 11 is 0. The van der Waals surface area contributed by atoms with Crippen molar-refractivity contribution in [3.05, 3.63) is 59.7 Å². The lowest BCUT2D eigenvalue weighted by molar-refractivity contribution is -0.156. The first-order chi connectivity index (χ1) is 16.9. The molecule has 0 aromatic heterocycles. The van der Waals surface area contributed by atoms with E-state index in [9.17, 15) is 19.5 Å². The number of hydrogen-bond donors (Lipinski definition) is 3. The summed E-state index contributed by atoms with van der Waals surface area (Å²) in [6.07, 6.45) is 3.14. The predicted octanol–water partition coefficient (Wildman–Crippen LogP) is 3.82. The number of carbonyl (C=O) groups is 3. The number of carbonyl (C=O) groups excluding carboxylic acids is 2. The molecule has 3 fully saturated rings. The zero-order chi connectivity index (χ0) is 24.5. The molecule has 0 unspecified atom stereocenters. The Hall–Kier alpha value is -3.79. The van der Waals surface area contributed by atoms with Crippen molar-refractivity contribution in [2.45, 2.75) is 50.0 Å². The van der Waals surface area contributed by atoms with Crippen molar-refractivity contribution in [3.8, 4) is 23.0 Å². The molecule has 0 aliphatic heterocycles. The Labute approximate surface area is 204 Å². The summed E-state index contributed by atoms with van der Waals surface area (Å²) in [7, 11) is 0. The van der Waals surface area contributed by atoms with Crippen LogP contribution >= 0.6 is 0 Å². The van der Waals surface area contributed by atoms with Crippen LogP contribution in [-0.4, -0.2) is 41.8 Å². The van der Waals surface area contributed by atoms with E-state index >= 15 is 0 Å². The summed E-state index contributed by atoms with van der Waals surface area (Å²) < 4.78 is 5.47. The summed E-state index contributed by atoms with van der Waals surface area (Å²) in [5.74, 6) is 4.06. The second-order valence-corrected chi connectivity index (χ2v) is 9.80. The summed E-state index contributed by atoms with van der Waals surface area (Å²) in [5, 5.41) is 15.1. The molecule has 4 aliphatic rings. The van der Waals surface area contributed by atoms with E-state index in [2.05, 4.69) is 46.7 Å². The summed E-state index contributed by atoms with van der Waals surface area (Å²) in [6, 6.07) is 16.3. The maximum atomic E-state index is 12.3. The lowest BCUT2D eigenvalue weighted by Gasteiger charge is -2.51. The summed E-state index contributed by atoms with van der Waals surface area (Å²) in [5.41, 5.74) is 3.64. The molecule has 4 aliphatic carbocycles. The SMILES string of the molecule is O=C(C#CCNC(=O)OCC1c2ccccc2-c2ccccc21)NC12CCC(C(=O)O)(CC1)CC2. The molecular formula is C28H28N2O5. The van der Waals surface area contributed by atoms with E-state index < -0.39 is 23.4 Å². The summed E-state index contributed by atoms with van der Waals surface area (Å²) in [4.78, 5) is 36.1. The molecule has 0 atom stereocenters. The Kier molecular flexibility index (Phi) is 5.98. The van der Waals surface area contributed by atoms with Gasteiger partial charge in [0.1, 0.15) is 6.61 Å². The third-order valence-corrected chi connectivity index (χ3v) is 7.95. The number of alkyl carbamates (subject to hydrolysis) is 1. The minimum Gasteiger partial charge on any atom is -0.481 e. The van der Waals surface area contributed by atoms with Gasteiger partial charge in [-0.15, -0.1) is 0 Å². The molecule has 2 bridgehead atoms. The van der Waals surface area contributed by atoms with Gasteiger partial charge in [-0.05, 0) is 66.7 Å². The van der Waals surface area contributed by atoms with Crippen LogP contribution in [0.15, 0.2) is 48.5 Å². The zero-order valence-electron chi connectivity index (χ0n) is 19.4. The standard InChI is InChI=1S/C28H28N2O5/c31-24(30-28-14-11-27(12-15-28,13-16-28)25(32)33)10-5-17-29-26(34)35-18-23-21-8-3-1-6-19(21)20-7-2-4-9-22(20)23/h1-4,6-9,23H,11-18H2,(H,29,34)(H,30,31)(H,32,33). The van der Waals surface area contributed by atoms with Gasteiger partial charge in [0.2, 0.25) is 0 Å². The van der Waals surface area contributed by atoms with E-state index in [-0.39, 0.29) is 24.6 Å². The van der Waals surface area contributed by atoms with Gasteiger partial charge in [-0.2, -0.15) is 0 Å². The maximum Gasteiger partial charge on any atom is 0.407 e. The van der Waals surface area contributed by atoms with E-state index in [1.165, 1.54) is 0 Å². The van der Waals surface area contributed by atoms with Crippen molar-refractivity contribution >= 4 is 18.0 Å². The molecule has 7 nitrogen and oxygen atoms in total. The smallest absolute Gasteiger partial charge is 0.407 e. The van der Waals surface area contributed by atoms with Gasteiger partial charge in [-0.1, -0.05) is 54.5 Å². The van der Waals surface area contributed by atoms with Crippen molar-refractivity contribution in [3.63, 3.8) is 0 Å². The fourth-order valence-electron chi connectivity index (χ4n) is 5.86. The number of carboxylic acids is 1. The molecule has 0 saturated heterocycles. The lowest BCUT2D eigenvalue weighted by Crippen LogP contribution is -2.58. The van der Waals surface area contributed by atoms with Crippen molar-refractivity contribution in [2.24, 2.45) is 5.41 Å². The third kappa shape index (κ3) is 4.37. The Balaban J connectivity index is 1.09. The van der Waals surface area contributed by atoms with Crippen molar-refractivity contribution in [1.82, 2.24) is 10.6 Å². The highest BCUT2D eigenvalue weighted by Crippen LogP contribution is 2.52. The van der Waals surface area contributed by atoms with Crippen molar-refractivity contribution in [2.75, 3.05) is 13.2 Å². The van der Waals surface area contributed by atoms with Crippen molar-refractivity contribution < 1.29 is 24.2 Å². The summed E-state index contributed by atoms with van der Waals surface area (Å²) in [6.45, 7) is 0.216. The van der Waals surface area contributed by atoms with Gasteiger partial charge in [0, 0.05) is 11.5 Å². The molecule has 2 amide bonds. The van der Waals surface area contributed by atoms with Crippen LogP contribution in [0.25, 0.3) is 11.1 Å². The minimum absolute atomic E-state index is 0.000775. The second-order valence-electron chi connectivity index (χ2n) is 9.80. The molecule has 3 saturated carbocycles. The van der Waals surface area contributed by atoms with E-state index in [0.717, 1.165) is 22.3 Å². The lowest BCUT2D eigenvalue weighted by atomic mass is 9.57. The van der Waals surface area contributed by atoms with Crippen LogP contribution in [0.2, 0.25) is 0 Å². The average molecular weight is 473 g/mol. The van der Waals surface area contributed by atoms with E-state index in [1.54, 1.807) is 0 Å². The Bertz CT molecular complexity index is 1170. The zero-order valence-corrected chi connectivity index (χ0v) is 19.4. The van der Waals surface area contributed by atoms with E-state index in [0.29, 0.717) is 38.5 Å². The Morgan fingerprint density at radius 1 is 0.914 bits per heavy atom. The van der Waals surface area contributed by atoms with Crippen molar-refractivity contribution in [1.29, 1.82) is 0 Å². The minimum atomic E-state index is -0.726. The van der Waals surface area contributed by atoms with Crippen LogP contribution in [0.3, 0.4) is 0 Å². The fourth-order valence-corrected chi connectivity index (χ4v) is 5.86. The molecular weight excluding hydrogens is 444 g/mol. The molecule has 0 heterocycles. The largest absolute Gasteiger partial charge is 0.481 e. The molecule has 3 N–H and O–H groups in total. The average Bonchev–Trinajstić information content (AvgIpc) is 3.20. The van der Waals surface area contributed by atoms with Gasteiger partial charge in [-0.25, -0.2) is 4.79 Å². The number of rotatable bonds is 5. The number of carboxylic acid groups (broad SMARTS) is 1. The predicted molar refractivity (Wildman–Crippen MR) is 129 cm³/mol. The normalized spacial score (nSPS) is 23.9. The molecule has 6 rings (SSSR count). The topological polar surface area (TPSA) is 105 Å². The second kappa shape index (κ2) is 9.10. The molecule has 7 heteroatoms. The monoisotopic (exact) mass is 472 g/mol. The van der Waals surface area contributed by atoms with Gasteiger partial charge < -0.3 is 20.5 Å². The molecule has 0 radical (unpaired) electrons. The highest BCUT2D eigenvalue weighted by Gasteiger charge is 2.53. The number of aliphatic carboxylic acids is 1. The van der Waals surface area contributed by atoms with Gasteiger partial charge in [0.05, 0.1) is 12.0 Å². The number of benzene rings is 2. The van der Waals surface area contributed by atoms with Crippen LogP contribution in [0.4, 0.5) is 4.79 Å². The number of hydrogen-bond acceptors (Lipinski definition) is 4. The number of ether oxygens (including phenoxy) is 1. The Morgan fingerprint density at radius 2 is 1.49 bits per heavy atom. The van der Waals surface area contributed by atoms with Crippen LogP contribution in [0.1, 0.15) is 55.6 Å². The van der Waals surface area contributed by atoms with Gasteiger partial charge in [0.15, 0.2) is 0 Å². The molecule has 2 aromatic rings. The number of fused-ring (bicyclic) bond motifs is 6. The van der Waals surface area contributed by atoms with Gasteiger partial charge in [0.25, 0.3) is 5.91 Å². The maximum absolute atomic E-state index is 12.3. The quantitative estimate of drug-likeness (QED) is 0.574. The van der Waals surface area contributed by atoms with Crippen LogP contribution in [0.5, 0.6) is 0 Å². The molecule has 35 heavy (non-hydrogen) atoms. The first-order valence-corrected chi connectivity index (χ1v) is 12.0. The third-order valence-electron chi connectivity index (χ3n) is 7.95. The Morgan fingerprint density at radius 3 is 2.06 bits per heavy atom. The highest BCUT2D eigenvalue weighted by atomic mass is 16.5. The van der Waals surface area contributed by atoms with Crippen LogP contribution in [0, 0.1) is 17.3 Å². The molecule has 2 aromatic carbocycles. The van der Waals surface area contributed by atoms with E-state index in [4.69, 9.17) is 4.74 Å². The number of nitrogens with one attached hydrogen (secondary N) is 2. The molecule has 180 valence electrons. The number of amides is 2. The molecule has 0 spiro atoms. The highest BCUT2D eigenvalue weighted by molar-refractivity contribution is 5.94. The first kappa shape index (κ1) is 23.0. The van der Waals surface area contributed by atoms with Gasteiger partial charge in [-0.3, -0.25) is 9.59 Å². The van der Waals surface area contributed by atoms with Crippen LogP contribution < -0.4 is 10.6 Å². The van der Waals surface area contributed by atoms with E-state index in [1.807, 2.05) is 24.3 Å².